The molecule has 0 fully saturated rings. The molecule has 1 aromatic heterocycles. The molecule has 0 saturated carbocycles. The van der Waals surface area contributed by atoms with Crippen LogP contribution in [0.4, 0.5) is 0 Å². The van der Waals surface area contributed by atoms with Gasteiger partial charge in [0.1, 0.15) is 0 Å². The van der Waals surface area contributed by atoms with E-state index < -0.39 is 0 Å². The normalized spacial score (nSPS) is 9.85. The quantitative estimate of drug-likeness (QED) is 0.491. The van der Waals surface area contributed by atoms with Crippen LogP contribution in [0.1, 0.15) is 42.4 Å². The fraction of sp³-hybridized carbons (Fsp3) is 0.500. The Labute approximate surface area is 85.0 Å². The van der Waals surface area contributed by atoms with Gasteiger partial charge in [-0.15, -0.1) is 17.8 Å². The topological polar surface area (TPSA) is 0 Å². The second-order valence-electron chi connectivity index (χ2n) is 3.22. The highest BCUT2D eigenvalue weighted by Gasteiger charge is 1.97. The molecule has 1 heteroatoms. The van der Waals surface area contributed by atoms with Gasteiger partial charge in [-0.2, -0.15) is 0 Å². The molecule has 0 N–H and O–H groups in total. The van der Waals surface area contributed by atoms with Crippen molar-refractivity contribution in [2.45, 2.75) is 39.0 Å². The summed E-state index contributed by atoms with van der Waals surface area (Å²) in [5.74, 6) is 2.67. The van der Waals surface area contributed by atoms with Gasteiger partial charge in [0.2, 0.25) is 0 Å². The maximum atomic E-state index is 5.30. The van der Waals surface area contributed by atoms with Crippen LogP contribution >= 0.6 is 11.3 Å². The molecule has 0 amide bonds. The van der Waals surface area contributed by atoms with E-state index in [9.17, 15) is 0 Å². The third-order valence-electron chi connectivity index (χ3n) is 2.08. The number of rotatable bonds is 5. The van der Waals surface area contributed by atoms with E-state index in [0.29, 0.717) is 0 Å². The Kier molecular flexibility index (Phi) is 4.64. The molecule has 0 spiro atoms. The van der Waals surface area contributed by atoms with Gasteiger partial charge in [-0.3, -0.25) is 0 Å². The zero-order chi connectivity index (χ0) is 9.52. The van der Waals surface area contributed by atoms with Crippen LogP contribution in [0.2, 0.25) is 0 Å². The van der Waals surface area contributed by atoms with Gasteiger partial charge >= 0.3 is 0 Å². The zero-order valence-electron chi connectivity index (χ0n) is 8.18. The summed E-state index contributed by atoms with van der Waals surface area (Å²) in [5, 5.41) is 0. The number of aryl methyl sites for hydroxylation is 1. The maximum Gasteiger partial charge on any atom is 0.0768 e. The lowest BCUT2D eigenvalue weighted by Gasteiger charge is -1.96. The number of thiophene rings is 1. The van der Waals surface area contributed by atoms with Crippen LogP contribution in [0.15, 0.2) is 12.1 Å². The molecule has 0 aliphatic carbocycles. The first kappa shape index (κ1) is 10.3. The van der Waals surface area contributed by atoms with E-state index in [4.69, 9.17) is 6.42 Å². The molecule has 0 nitrogen and oxygen atoms in total. The molecule has 0 aliphatic heterocycles. The second kappa shape index (κ2) is 5.83. The average Bonchev–Trinajstić information content (AvgIpc) is 2.60. The van der Waals surface area contributed by atoms with E-state index >= 15 is 0 Å². The van der Waals surface area contributed by atoms with E-state index in [0.717, 1.165) is 4.88 Å². The Morgan fingerprint density at radius 3 is 2.77 bits per heavy atom. The minimum atomic E-state index is 1.06. The lowest BCUT2D eigenvalue weighted by Crippen LogP contribution is -1.80. The van der Waals surface area contributed by atoms with Gasteiger partial charge < -0.3 is 0 Å². The monoisotopic (exact) mass is 192 g/mol. The van der Waals surface area contributed by atoms with Crippen LogP contribution in [0, 0.1) is 12.3 Å². The molecule has 1 aromatic rings. The van der Waals surface area contributed by atoms with Crippen molar-refractivity contribution in [2.24, 2.45) is 0 Å². The molecular formula is C12H16S. The molecule has 0 atom stereocenters. The molecule has 0 radical (unpaired) electrons. The fourth-order valence-corrected chi connectivity index (χ4v) is 2.18. The highest BCUT2D eigenvalue weighted by molar-refractivity contribution is 7.12. The van der Waals surface area contributed by atoms with Crippen molar-refractivity contribution in [1.29, 1.82) is 0 Å². The number of hydrogen-bond donors (Lipinski definition) is 0. The van der Waals surface area contributed by atoms with E-state index in [1.807, 2.05) is 6.07 Å². The number of unbranched alkanes of at least 4 members (excludes halogenated alkanes) is 3. The van der Waals surface area contributed by atoms with Crippen molar-refractivity contribution >= 4 is 11.3 Å². The lowest BCUT2D eigenvalue weighted by molar-refractivity contribution is 0.670. The predicted octanol–water partition coefficient (Wildman–Crippen LogP) is 3.85. The SMILES string of the molecule is C#Cc1ccc(CCCCCC)s1. The fourth-order valence-electron chi connectivity index (χ4n) is 1.32. The van der Waals surface area contributed by atoms with Gasteiger partial charge in [0, 0.05) is 4.88 Å². The first-order valence-electron chi connectivity index (χ1n) is 4.92. The van der Waals surface area contributed by atoms with Gasteiger partial charge in [0.25, 0.3) is 0 Å². The van der Waals surface area contributed by atoms with Crippen LogP contribution in [-0.4, -0.2) is 0 Å². The van der Waals surface area contributed by atoms with Crippen molar-refractivity contribution in [2.75, 3.05) is 0 Å². The van der Waals surface area contributed by atoms with Gasteiger partial charge in [0.05, 0.1) is 4.88 Å². The van der Waals surface area contributed by atoms with E-state index in [2.05, 4.69) is 18.9 Å². The third kappa shape index (κ3) is 3.65. The van der Waals surface area contributed by atoms with Gasteiger partial charge in [0.15, 0.2) is 0 Å². The summed E-state index contributed by atoms with van der Waals surface area (Å²) in [6.45, 7) is 2.24. The van der Waals surface area contributed by atoms with E-state index in [-0.39, 0.29) is 0 Å². The molecule has 0 unspecified atom stereocenters. The van der Waals surface area contributed by atoms with Crippen LogP contribution in [0.3, 0.4) is 0 Å². The Morgan fingerprint density at radius 2 is 2.15 bits per heavy atom. The zero-order valence-corrected chi connectivity index (χ0v) is 8.99. The third-order valence-corrected chi connectivity index (χ3v) is 3.16. The summed E-state index contributed by atoms with van der Waals surface area (Å²) in [6.07, 6.45) is 11.8. The number of hydrogen-bond acceptors (Lipinski definition) is 1. The van der Waals surface area contributed by atoms with Gasteiger partial charge in [-0.05, 0) is 25.0 Å². The largest absolute Gasteiger partial charge is 0.132 e. The highest BCUT2D eigenvalue weighted by atomic mass is 32.1. The molecule has 1 rings (SSSR count). The Hall–Kier alpha value is -0.740. The average molecular weight is 192 g/mol. The van der Waals surface area contributed by atoms with Crippen molar-refractivity contribution in [1.82, 2.24) is 0 Å². The van der Waals surface area contributed by atoms with Crippen molar-refractivity contribution in [3.05, 3.63) is 21.9 Å². The van der Waals surface area contributed by atoms with Crippen molar-refractivity contribution in [3.63, 3.8) is 0 Å². The predicted molar refractivity (Wildman–Crippen MR) is 60.1 cm³/mol. The Morgan fingerprint density at radius 1 is 1.31 bits per heavy atom. The maximum absolute atomic E-state index is 5.30. The van der Waals surface area contributed by atoms with E-state index in [1.54, 1.807) is 11.3 Å². The van der Waals surface area contributed by atoms with Gasteiger partial charge in [-0.1, -0.05) is 32.1 Å². The van der Waals surface area contributed by atoms with E-state index in [1.165, 1.54) is 37.0 Å². The summed E-state index contributed by atoms with van der Waals surface area (Å²) >= 11 is 1.75. The first-order valence-corrected chi connectivity index (χ1v) is 5.73. The van der Waals surface area contributed by atoms with Crippen LogP contribution in [0.25, 0.3) is 0 Å². The molecule has 0 aliphatic rings. The Balaban J connectivity index is 2.25. The molecule has 70 valence electrons. The molecule has 0 saturated heterocycles. The molecule has 1 heterocycles. The summed E-state index contributed by atoms with van der Waals surface area (Å²) < 4.78 is 0. The van der Waals surface area contributed by atoms with Gasteiger partial charge in [-0.25, -0.2) is 0 Å². The van der Waals surface area contributed by atoms with Crippen LogP contribution in [0.5, 0.6) is 0 Å². The molecule has 0 aromatic carbocycles. The smallest absolute Gasteiger partial charge is 0.0768 e. The molecule has 13 heavy (non-hydrogen) atoms. The minimum absolute atomic E-state index is 1.06. The minimum Gasteiger partial charge on any atom is -0.132 e. The second-order valence-corrected chi connectivity index (χ2v) is 4.39. The van der Waals surface area contributed by atoms with Crippen LogP contribution < -0.4 is 0 Å². The highest BCUT2D eigenvalue weighted by Crippen LogP contribution is 2.17. The first-order chi connectivity index (χ1) is 6.36. The summed E-state index contributed by atoms with van der Waals surface area (Å²) in [5.41, 5.74) is 0. The standard InChI is InChI=1S/C12H16S/c1-3-5-6-7-8-12-10-9-11(4-2)13-12/h2,9-10H,3,5-8H2,1H3. The van der Waals surface area contributed by atoms with Crippen molar-refractivity contribution < 1.29 is 0 Å². The van der Waals surface area contributed by atoms with Crippen molar-refractivity contribution in [3.8, 4) is 12.3 Å². The summed E-state index contributed by atoms with van der Waals surface area (Å²) in [7, 11) is 0. The molecule has 0 bridgehead atoms. The Bertz CT molecular complexity index is 278. The van der Waals surface area contributed by atoms with Crippen LogP contribution in [-0.2, 0) is 6.42 Å². The summed E-state index contributed by atoms with van der Waals surface area (Å²) in [6, 6.07) is 4.20. The number of terminal acetylenes is 1. The molecular weight excluding hydrogens is 176 g/mol. The summed E-state index contributed by atoms with van der Waals surface area (Å²) in [4.78, 5) is 2.49. The lowest BCUT2D eigenvalue weighted by atomic mass is 10.1.